The predicted molar refractivity (Wildman–Crippen MR) is 114 cm³/mol. The maximum Gasteiger partial charge on any atom is 0.697 e. The minimum atomic E-state index is -2.07. The molecule has 0 bridgehead atoms. The fourth-order valence-electron chi connectivity index (χ4n) is 3.46. The van der Waals surface area contributed by atoms with Gasteiger partial charge in [-0.15, -0.1) is 9.05 Å². The van der Waals surface area contributed by atoms with Crippen LogP contribution in [0.5, 0.6) is 0 Å². The minimum Gasteiger partial charge on any atom is -0.356 e. The zero-order chi connectivity index (χ0) is 20.6. The summed E-state index contributed by atoms with van der Waals surface area (Å²) in [5, 5.41) is 5.03. The number of aryl methyl sites for hydroxylation is 1. The van der Waals surface area contributed by atoms with Gasteiger partial charge in [-0.25, -0.2) is 0 Å². The standard InChI is InChI=1S/C22H25N2O4P/c1-16-19(15-21(25)23-13-8-14-28-29(26)27-2)22(17-9-4-3-5-10-17)18-11-6-7-12-20(18)24-16/h3-5,9-12H,6-8,13-15H2,1-2H3/p+1. The Balaban J connectivity index is 1.79. The van der Waals surface area contributed by atoms with Crippen molar-refractivity contribution in [3.63, 3.8) is 0 Å². The maximum atomic E-state index is 12.6. The first-order valence-electron chi connectivity index (χ1n) is 9.76. The average Bonchev–Trinajstić information content (AvgIpc) is 2.74. The molecule has 0 aliphatic heterocycles. The topological polar surface area (TPSA) is 77.5 Å². The van der Waals surface area contributed by atoms with E-state index in [4.69, 9.17) is 9.51 Å². The van der Waals surface area contributed by atoms with Crippen molar-refractivity contribution < 1.29 is 18.4 Å². The highest BCUT2D eigenvalue weighted by Crippen LogP contribution is 2.23. The molecule has 1 atom stereocenters. The molecule has 29 heavy (non-hydrogen) atoms. The van der Waals surface area contributed by atoms with Gasteiger partial charge in [0.1, 0.15) is 6.61 Å². The third-order valence-electron chi connectivity index (χ3n) is 4.81. The number of benzene rings is 1. The average molecular weight is 413 g/mol. The quantitative estimate of drug-likeness (QED) is 0.505. The van der Waals surface area contributed by atoms with Crippen LogP contribution in [0, 0.1) is 6.92 Å². The smallest absolute Gasteiger partial charge is 0.356 e. The largest absolute Gasteiger partial charge is 0.697 e. The molecule has 1 N–H and O–H groups in total. The van der Waals surface area contributed by atoms with Crippen LogP contribution >= 0.6 is 8.25 Å². The van der Waals surface area contributed by atoms with E-state index in [9.17, 15) is 9.36 Å². The van der Waals surface area contributed by atoms with Crippen LogP contribution in [0.3, 0.4) is 0 Å². The second kappa shape index (κ2) is 10.4. The van der Waals surface area contributed by atoms with E-state index in [-0.39, 0.29) is 18.9 Å². The lowest BCUT2D eigenvalue weighted by atomic mass is 9.92. The summed E-state index contributed by atoms with van der Waals surface area (Å²) in [6.45, 7) is 2.68. The van der Waals surface area contributed by atoms with Gasteiger partial charge in [-0.05, 0) is 42.9 Å². The molecule has 1 aromatic heterocycles. The van der Waals surface area contributed by atoms with Crippen molar-refractivity contribution in [3.05, 3.63) is 52.2 Å². The van der Waals surface area contributed by atoms with Gasteiger partial charge in [0, 0.05) is 22.0 Å². The summed E-state index contributed by atoms with van der Waals surface area (Å²) in [5.74, 6) is -0.0667. The number of carbonyl (C=O) groups excluding carboxylic acids is 1. The van der Waals surface area contributed by atoms with Gasteiger partial charge in [0.2, 0.25) is 5.91 Å². The van der Waals surface area contributed by atoms with Crippen molar-refractivity contribution in [2.45, 2.75) is 32.6 Å². The lowest BCUT2D eigenvalue weighted by Gasteiger charge is -2.16. The Bertz CT molecular complexity index is 1010. The molecule has 1 amide bonds. The summed E-state index contributed by atoms with van der Waals surface area (Å²) in [6.07, 6.45) is 7.18. The van der Waals surface area contributed by atoms with E-state index in [1.165, 1.54) is 7.11 Å². The van der Waals surface area contributed by atoms with E-state index < -0.39 is 8.25 Å². The first-order chi connectivity index (χ1) is 14.1. The SMILES string of the molecule is CO[P+](=O)OCCCNC(=O)Cc1c(C)nc2c(c1-c1ccccc1)=CCCC=2. The van der Waals surface area contributed by atoms with Gasteiger partial charge in [0.25, 0.3) is 0 Å². The normalized spacial score (nSPS) is 13.1. The van der Waals surface area contributed by atoms with Crippen molar-refractivity contribution in [3.8, 4) is 11.1 Å². The minimum absolute atomic E-state index is 0.0667. The molecule has 0 fully saturated rings. The Morgan fingerprint density at radius 1 is 1.21 bits per heavy atom. The summed E-state index contributed by atoms with van der Waals surface area (Å²) >= 11 is 0. The highest BCUT2D eigenvalue weighted by Gasteiger charge is 2.18. The number of nitrogens with zero attached hydrogens (tertiary/aromatic N) is 1. The predicted octanol–water partition coefficient (Wildman–Crippen LogP) is 2.78. The second-order valence-corrected chi connectivity index (χ2v) is 7.89. The van der Waals surface area contributed by atoms with Crippen molar-refractivity contribution in [2.24, 2.45) is 0 Å². The Labute approximate surface area is 171 Å². The van der Waals surface area contributed by atoms with E-state index in [0.717, 1.165) is 45.8 Å². The molecule has 1 aliphatic rings. The first-order valence-corrected chi connectivity index (χ1v) is 10.9. The molecule has 0 spiro atoms. The van der Waals surface area contributed by atoms with Crippen molar-refractivity contribution in [1.29, 1.82) is 0 Å². The van der Waals surface area contributed by atoms with Gasteiger partial charge in [0.05, 0.1) is 18.9 Å². The summed E-state index contributed by atoms with van der Waals surface area (Å²) in [7, 11) is -0.739. The van der Waals surface area contributed by atoms with Crippen molar-refractivity contribution in [1.82, 2.24) is 10.3 Å². The lowest BCUT2D eigenvalue weighted by molar-refractivity contribution is -0.120. The fourth-order valence-corrected chi connectivity index (χ4v) is 3.84. The number of pyridine rings is 1. The van der Waals surface area contributed by atoms with Crippen LogP contribution in [-0.2, 0) is 24.8 Å². The van der Waals surface area contributed by atoms with Crippen LogP contribution < -0.4 is 15.9 Å². The molecule has 7 heteroatoms. The lowest BCUT2D eigenvalue weighted by Crippen LogP contribution is -2.36. The number of rotatable bonds is 9. The first kappa shape index (κ1) is 21.3. The van der Waals surface area contributed by atoms with Gasteiger partial charge < -0.3 is 5.32 Å². The molecular formula is C22H26N2O4P+. The number of amides is 1. The van der Waals surface area contributed by atoms with E-state index in [0.29, 0.717) is 13.0 Å². The molecule has 2 aromatic rings. The third-order valence-corrected chi connectivity index (χ3v) is 5.51. The molecular weight excluding hydrogens is 387 g/mol. The van der Waals surface area contributed by atoms with Crippen LogP contribution in [0.15, 0.2) is 30.3 Å². The van der Waals surface area contributed by atoms with E-state index in [1.54, 1.807) is 0 Å². The van der Waals surface area contributed by atoms with Gasteiger partial charge in [-0.3, -0.25) is 9.78 Å². The molecule has 152 valence electrons. The Morgan fingerprint density at radius 2 is 1.97 bits per heavy atom. The van der Waals surface area contributed by atoms with Crippen LogP contribution in [0.2, 0.25) is 0 Å². The molecule has 1 aliphatic carbocycles. The maximum absolute atomic E-state index is 12.6. The van der Waals surface area contributed by atoms with E-state index in [1.807, 2.05) is 25.1 Å². The molecule has 0 saturated heterocycles. The Morgan fingerprint density at radius 3 is 2.72 bits per heavy atom. The number of hydrogen-bond donors (Lipinski definition) is 1. The highest BCUT2D eigenvalue weighted by atomic mass is 31.1. The van der Waals surface area contributed by atoms with E-state index >= 15 is 0 Å². The van der Waals surface area contributed by atoms with Gasteiger partial charge in [-0.2, -0.15) is 0 Å². The number of aromatic nitrogens is 1. The summed E-state index contributed by atoms with van der Waals surface area (Å²) in [6, 6.07) is 10.2. The highest BCUT2D eigenvalue weighted by molar-refractivity contribution is 7.33. The van der Waals surface area contributed by atoms with Gasteiger partial charge in [0.15, 0.2) is 0 Å². The number of carbonyl (C=O) groups is 1. The van der Waals surface area contributed by atoms with Gasteiger partial charge in [-0.1, -0.05) is 42.5 Å². The molecule has 1 unspecified atom stereocenters. The van der Waals surface area contributed by atoms with Crippen LogP contribution in [0.25, 0.3) is 23.3 Å². The molecule has 0 radical (unpaired) electrons. The van der Waals surface area contributed by atoms with Crippen molar-refractivity contribution in [2.75, 3.05) is 20.3 Å². The number of hydrogen-bond acceptors (Lipinski definition) is 5. The molecule has 6 nitrogen and oxygen atoms in total. The number of nitrogens with one attached hydrogen (secondary N) is 1. The van der Waals surface area contributed by atoms with Crippen LogP contribution in [-0.4, -0.2) is 31.2 Å². The summed E-state index contributed by atoms with van der Waals surface area (Å²) in [4.78, 5) is 17.3. The fraction of sp³-hybridized carbons (Fsp3) is 0.364. The van der Waals surface area contributed by atoms with Crippen LogP contribution in [0.1, 0.15) is 30.5 Å². The monoisotopic (exact) mass is 413 g/mol. The van der Waals surface area contributed by atoms with Gasteiger partial charge >= 0.3 is 8.25 Å². The molecule has 3 rings (SSSR count). The molecule has 0 saturated carbocycles. The zero-order valence-corrected chi connectivity index (χ0v) is 17.7. The van der Waals surface area contributed by atoms with E-state index in [2.05, 4.69) is 34.1 Å². The zero-order valence-electron chi connectivity index (χ0n) is 16.8. The molecule has 1 aromatic carbocycles. The number of fused-ring (bicyclic) bond motifs is 1. The Hall–Kier alpha value is -2.40. The third kappa shape index (κ3) is 5.57. The Kier molecular flexibility index (Phi) is 7.64. The summed E-state index contributed by atoms with van der Waals surface area (Å²) in [5.41, 5.74) is 4.03. The van der Waals surface area contributed by atoms with Crippen LogP contribution in [0.4, 0.5) is 0 Å². The molecule has 1 heterocycles. The van der Waals surface area contributed by atoms with Crippen molar-refractivity contribution >= 4 is 26.3 Å². The summed E-state index contributed by atoms with van der Waals surface area (Å²) < 4.78 is 20.6. The second-order valence-electron chi connectivity index (χ2n) is 6.82.